The van der Waals surface area contributed by atoms with Gasteiger partial charge in [-0.25, -0.2) is 0 Å². The second-order valence-corrected chi connectivity index (χ2v) is 3.33. The van der Waals surface area contributed by atoms with Crippen LogP contribution >= 0.6 is 12.6 Å². The lowest BCUT2D eigenvalue weighted by atomic mass is 10.2. The lowest BCUT2D eigenvalue weighted by Gasteiger charge is -1.93. The van der Waals surface area contributed by atoms with Gasteiger partial charge in [-0.1, -0.05) is 26.0 Å². The predicted molar refractivity (Wildman–Crippen MR) is 62.4 cm³/mol. The lowest BCUT2D eigenvalue weighted by molar-refractivity contribution is 0.932. The van der Waals surface area contributed by atoms with Crippen molar-refractivity contribution < 1.29 is 0 Å². The molecule has 0 saturated carbocycles. The van der Waals surface area contributed by atoms with Crippen molar-refractivity contribution in [3.63, 3.8) is 0 Å². The van der Waals surface area contributed by atoms with Crippen LogP contribution in [-0.4, -0.2) is 6.54 Å². The Bertz CT molecular complexity index is 204. The van der Waals surface area contributed by atoms with Gasteiger partial charge in [0.1, 0.15) is 0 Å². The van der Waals surface area contributed by atoms with Crippen LogP contribution in [0.3, 0.4) is 0 Å². The second kappa shape index (κ2) is 8.14. The van der Waals surface area contributed by atoms with Crippen LogP contribution in [-0.2, 0) is 6.42 Å². The third-order valence-corrected chi connectivity index (χ3v) is 1.93. The number of benzene rings is 1. The highest BCUT2D eigenvalue weighted by atomic mass is 32.1. The smallest absolute Gasteiger partial charge is 0.00401 e. The minimum atomic E-state index is 0.819. The molecular formula is C11H19NS. The monoisotopic (exact) mass is 197 g/mol. The molecule has 0 fully saturated rings. The Morgan fingerprint density at radius 2 is 1.62 bits per heavy atom. The Morgan fingerprint density at radius 1 is 1.15 bits per heavy atom. The fraction of sp³-hybridized carbons (Fsp3) is 0.455. The maximum atomic E-state index is 5.03. The first kappa shape index (κ1) is 12.5. The molecular weight excluding hydrogens is 178 g/mol. The van der Waals surface area contributed by atoms with Gasteiger partial charge in [-0.3, -0.25) is 0 Å². The Kier molecular flexibility index (Phi) is 7.85. The van der Waals surface area contributed by atoms with Crippen LogP contribution < -0.4 is 5.73 Å². The average molecular weight is 197 g/mol. The SMILES string of the molecule is CCCN.CCc1ccc(S)cc1. The van der Waals surface area contributed by atoms with Gasteiger partial charge < -0.3 is 5.73 Å². The zero-order valence-corrected chi connectivity index (χ0v) is 9.35. The van der Waals surface area contributed by atoms with Crippen LogP contribution in [0.2, 0.25) is 0 Å². The number of nitrogens with two attached hydrogens (primary N) is 1. The van der Waals surface area contributed by atoms with Crippen molar-refractivity contribution in [2.75, 3.05) is 6.54 Å². The third kappa shape index (κ3) is 6.67. The molecule has 1 aromatic rings. The fourth-order valence-corrected chi connectivity index (χ4v) is 0.881. The number of hydrogen-bond donors (Lipinski definition) is 2. The first-order valence-electron chi connectivity index (χ1n) is 4.72. The molecule has 0 saturated heterocycles. The molecule has 0 unspecified atom stereocenters. The second-order valence-electron chi connectivity index (χ2n) is 2.81. The molecule has 2 heteroatoms. The zero-order valence-electron chi connectivity index (χ0n) is 8.46. The van der Waals surface area contributed by atoms with E-state index in [-0.39, 0.29) is 0 Å². The Balaban J connectivity index is 0.000000310. The van der Waals surface area contributed by atoms with E-state index in [1.807, 2.05) is 12.1 Å². The van der Waals surface area contributed by atoms with Crippen LogP contribution in [0.15, 0.2) is 29.2 Å². The third-order valence-electron chi connectivity index (χ3n) is 1.63. The Morgan fingerprint density at radius 3 is 1.92 bits per heavy atom. The molecule has 0 aliphatic heterocycles. The van der Waals surface area contributed by atoms with E-state index in [0.29, 0.717) is 0 Å². The van der Waals surface area contributed by atoms with E-state index in [2.05, 4.69) is 38.6 Å². The van der Waals surface area contributed by atoms with Gasteiger partial charge in [0.25, 0.3) is 0 Å². The number of aryl methyl sites for hydroxylation is 1. The molecule has 0 spiro atoms. The quantitative estimate of drug-likeness (QED) is 0.701. The summed E-state index contributed by atoms with van der Waals surface area (Å²) in [5.41, 5.74) is 6.40. The molecule has 74 valence electrons. The van der Waals surface area contributed by atoms with Crippen LogP contribution in [0.1, 0.15) is 25.8 Å². The summed E-state index contributed by atoms with van der Waals surface area (Å²) in [7, 11) is 0. The topological polar surface area (TPSA) is 26.0 Å². The van der Waals surface area contributed by atoms with Crippen molar-refractivity contribution in [3.8, 4) is 0 Å². The van der Waals surface area contributed by atoms with Crippen molar-refractivity contribution in [1.29, 1.82) is 0 Å². The maximum absolute atomic E-state index is 5.03. The molecule has 0 amide bonds. The summed E-state index contributed by atoms with van der Waals surface area (Å²) >= 11 is 4.17. The fourth-order valence-electron chi connectivity index (χ4n) is 0.732. The van der Waals surface area contributed by atoms with E-state index in [1.54, 1.807) is 0 Å². The van der Waals surface area contributed by atoms with Crippen molar-refractivity contribution in [2.45, 2.75) is 31.6 Å². The average Bonchev–Trinajstić information content (AvgIpc) is 2.19. The molecule has 0 atom stereocenters. The molecule has 0 aliphatic rings. The van der Waals surface area contributed by atoms with Gasteiger partial charge in [-0.2, -0.15) is 0 Å². The first-order chi connectivity index (χ1) is 6.24. The molecule has 0 aliphatic carbocycles. The molecule has 1 nitrogen and oxygen atoms in total. The minimum absolute atomic E-state index is 0.819. The molecule has 1 rings (SSSR count). The summed E-state index contributed by atoms with van der Waals surface area (Å²) in [5.74, 6) is 0. The number of rotatable bonds is 2. The standard InChI is InChI=1S/C8H10S.C3H9N/c1-2-7-3-5-8(9)6-4-7;1-2-3-4/h3-6,9H,2H2,1H3;2-4H2,1H3. The van der Waals surface area contributed by atoms with Gasteiger partial charge in [0.2, 0.25) is 0 Å². The summed E-state index contributed by atoms with van der Waals surface area (Å²) in [6, 6.07) is 8.23. The summed E-state index contributed by atoms with van der Waals surface area (Å²) in [5, 5.41) is 0. The van der Waals surface area contributed by atoms with E-state index in [9.17, 15) is 0 Å². The lowest BCUT2D eigenvalue weighted by Crippen LogP contribution is -1.93. The van der Waals surface area contributed by atoms with Crippen molar-refractivity contribution in [1.82, 2.24) is 0 Å². The van der Waals surface area contributed by atoms with E-state index in [1.165, 1.54) is 5.56 Å². The highest BCUT2D eigenvalue weighted by molar-refractivity contribution is 7.80. The summed E-state index contributed by atoms with van der Waals surface area (Å²) in [6.07, 6.45) is 2.20. The maximum Gasteiger partial charge on any atom is 0.00401 e. The van der Waals surface area contributed by atoms with Gasteiger partial charge in [-0.05, 0) is 37.1 Å². The van der Waals surface area contributed by atoms with Crippen molar-refractivity contribution >= 4 is 12.6 Å². The Labute approximate surface area is 86.8 Å². The van der Waals surface area contributed by atoms with Gasteiger partial charge in [0.05, 0.1) is 0 Å². The van der Waals surface area contributed by atoms with Gasteiger partial charge >= 0.3 is 0 Å². The zero-order chi connectivity index (χ0) is 10.1. The van der Waals surface area contributed by atoms with Crippen LogP contribution in [0.25, 0.3) is 0 Å². The Hall–Kier alpha value is -0.470. The summed E-state index contributed by atoms with van der Waals surface area (Å²) in [6.45, 7) is 5.02. The van der Waals surface area contributed by atoms with E-state index in [4.69, 9.17) is 5.73 Å². The molecule has 0 bridgehead atoms. The largest absolute Gasteiger partial charge is 0.330 e. The first-order valence-corrected chi connectivity index (χ1v) is 5.17. The normalized spacial score (nSPS) is 8.92. The molecule has 1 aromatic carbocycles. The summed E-state index contributed by atoms with van der Waals surface area (Å²) in [4.78, 5) is 1.03. The number of hydrogen-bond acceptors (Lipinski definition) is 2. The van der Waals surface area contributed by atoms with Crippen molar-refractivity contribution in [2.24, 2.45) is 5.73 Å². The van der Waals surface area contributed by atoms with Gasteiger partial charge in [0.15, 0.2) is 0 Å². The van der Waals surface area contributed by atoms with Crippen LogP contribution in [0.4, 0.5) is 0 Å². The minimum Gasteiger partial charge on any atom is -0.330 e. The highest BCUT2D eigenvalue weighted by Crippen LogP contribution is 2.07. The molecule has 13 heavy (non-hydrogen) atoms. The predicted octanol–water partition coefficient (Wildman–Crippen LogP) is 2.89. The van der Waals surface area contributed by atoms with Gasteiger partial charge in [-0.15, -0.1) is 12.6 Å². The van der Waals surface area contributed by atoms with Crippen LogP contribution in [0, 0.1) is 0 Å². The molecule has 0 heterocycles. The van der Waals surface area contributed by atoms with Gasteiger partial charge in [0, 0.05) is 4.90 Å². The van der Waals surface area contributed by atoms with Crippen LogP contribution in [0.5, 0.6) is 0 Å². The highest BCUT2D eigenvalue weighted by Gasteiger charge is 1.85. The molecule has 2 N–H and O–H groups in total. The molecule has 0 aromatic heterocycles. The van der Waals surface area contributed by atoms with E-state index < -0.39 is 0 Å². The molecule has 0 radical (unpaired) electrons. The van der Waals surface area contributed by atoms with Crippen molar-refractivity contribution in [3.05, 3.63) is 29.8 Å². The number of thiol groups is 1. The summed E-state index contributed by atoms with van der Waals surface area (Å²) < 4.78 is 0. The van der Waals surface area contributed by atoms with E-state index in [0.717, 1.165) is 24.3 Å². The van der Waals surface area contributed by atoms with E-state index >= 15 is 0 Å².